The standard InChI is InChI=1S/C8H3BrF6INO/c9-2-4-6(7(10,11)12)3(16)1-5(17-4)18-8(13,14)15/h1H,2H2. The molecule has 1 rings (SSSR count). The number of aromatic nitrogens is 1. The summed E-state index contributed by atoms with van der Waals surface area (Å²) in [6.07, 6.45) is -9.69. The third kappa shape index (κ3) is 4.14. The number of halogens is 8. The average molecular weight is 450 g/mol. The second-order valence-electron chi connectivity index (χ2n) is 2.94. The van der Waals surface area contributed by atoms with Crippen LogP contribution in [0.5, 0.6) is 5.88 Å². The summed E-state index contributed by atoms with van der Waals surface area (Å²) in [4.78, 5) is 3.19. The lowest BCUT2D eigenvalue weighted by molar-refractivity contribution is -0.276. The van der Waals surface area contributed by atoms with Crippen LogP contribution in [-0.2, 0) is 11.5 Å². The first-order valence-corrected chi connectivity index (χ1v) is 6.33. The molecule has 0 saturated heterocycles. The zero-order valence-electron chi connectivity index (χ0n) is 8.16. The van der Waals surface area contributed by atoms with Gasteiger partial charge in [-0.2, -0.15) is 13.2 Å². The molecule has 0 fully saturated rings. The average Bonchev–Trinajstić information content (AvgIpc) is 2.11. The molecular formula is C8H3BrF6INO. The summed E-state index contributed by atoms with van der Waals surface area (Å²) in [5.74, 6) is -0.922. The number of nitrogens with zero attached hydrogens (tertiary/aromatic N) is 1. The molecule has 0 amide bonds. The maximum atomic E-state index is 12.6. The molecule has 0 bridgehead atoms. The molecule has 0 spiro atoms. The second kappa shape index (κ2) is 5.39. The number of pyridine rings is 1. The highest BCUT2D eigenvalue weighted by Gasteiger charge is 2.38. The van der Waals surface area contributed by atoms with Gasteiger partial charge in [-0.15, -0.1) is 13.2 Å². The Bertz CT molecular complexity index is 446. The van der Waals surface area contributed by atoms with Crippen molar-refractivity contribution in [1.29, 1.82) is 0 Å². The van der Waals surface area contributed by atoms with E-state index in [4.69, 9.17) is 0 Å². The van der Waals surface area contributed by atoms with Crippen molar-refractivity contribution in [1.82, 2.24) is 4.98 Å². The third-order valence-corrected chi connectivity index (χ3v) is 3.04. The van der Waals surface area contributed by atoms with Crippen LogP contribution in [0.3, 0.4) is 0 Å². The van der Waals surface area contributed by atoms with Crippen LogP contribution in [0.4, 0.5) is 26.3 Å². The van der Waals surface area contributed by atoms with Gasteiger partial charge < -0.3 is 4.74 Å². The highest BCUT2D eigenvalue weighted by Crippen LogP contribution is 2.37. The summed E-state index contributed by atoms with van der Waals surface area (Å²) in [7, 11) is 0. The molecule has 0 aliphatic carbocycles. The van der Waals surface area contributed by atoms with Gasteiger partial charge in [-0.05, 0) is 22.6 Å². The van der Waals surface area contributed by atoms with Gasteiger partial charge in [-0.25, -0.2) is 4.98 Å². The van der Waals surface area contributed by atoms with Crippen LogP contribution in [0.25, 0.3) is 0 Å². The molecule has 18 heavy (non-hydrogen) atoms. The van der Waals surface area contributed by atoms with Crippen LogP contribution in [0.2, 0.25) is 0 Å². The van der Waals surface area contributed by atoms with Crippen molar-refractivity contribution in [2.75, 3.05) is 0 Å². The fourth-order valence-corrected chi connectivity index (χ4v) is 2.40. The molecule has 1 aromatic heterocycles. The molecule has 0 aromatic carbocycles. The van der Waals surface area contributed by atoms with Crippen molar-refractivity contribution in [3.63, 3.8) is 0 Å². The molecule has 2 nitrogen and oxygen atoms in total. The maximum absolute atomic E-state index is 12.6. The Kier molecular flexibility index (Phi) is 4.73. The fraction of sp³-hybridized carbons (Fsp3) is 0.375. The van der Waals surface area contributed by atoms with E-state index in [2.05, 4.69) is 25.7 Å². The molecule has 102 valence electrons. The smallest absolute Gasteiger partial charge is 0.388 e. The minimum atomic E-state index is -5.00. The molecular weight excluding hydrogens is 447 g/mol. The first-order chi connectivity index (χ1) is 8.04. The Morgan fingerprint density at radius 2 is 1.78 bits per heavy atom. The zero-order chi connectivity index (χ0) is 14.1. The lowest BCUT2D eigenvalue weighted by Crippen LogP contribution is -2.20. The predicted octanol–water partition coefficient (Wildman–Crippen LogP) is 4.50. The predicted molar refractivity (Wildman–Crippen MR) is 61.3 cm³/mol. The summed E-state index contributed by atoms with van der Waals surface area (Å²) in [6.45, 7) is 0. The monoisotopic (exact) mass is 449 g/mol. The van der Waals surface area contributed by atoms with Gasteiger partial charge in [0.2, 0.25) is 5.88 Å². The maximum Gasteiger partial charge on any atom is 0.574 e. The van der Waals surface area contributed by atoms with Gasteiger partial charge in [0, 0.05) is 15.0 Å². The van der Waals surface area contributed by atoms with E-state index in [9.17, 15) is 26.3 Å². The van der Waals surface area contributed by atoms with E-state index in [0.717, 1.165) is 0 Å². The normalized spacial score (nSPS) is 12.7. The SMILES string of the molecule is FC(F)(F)Oc1cc(I)c(C(F)(F)F)c(CBr)n1. The van der Waals surface area contributed by atoms with Crippen LogP contribution >= 0.6 is 38.5 Å². The molecule has 0 radical (unpaired) electrons. The largest absolute Gasteiger partial charge is 0.574 e. The van der Waals surface area contributed by atoms with Crippen LogP contribution in [0.1, 0.15) is 11.3 Å². The second-order valence-corrected chi connectivity index (χ2v) is 4.67. The number of hydrogen-bond donors (Lipinski definition) is 0. The van der Waals surface area contributed by atoms with Crippen LogP contribution in [0.15, 0.2) is 6.07 Å². The lowest BCUT2D eigenvalue weighted by atomic mass is 10.2. The number of alkyl halides is 7. The first kappa shape index (κ1) is 15.8. The fourth-order valence-electron chi connectivity index (χ4n) is 1.11. The van der Waals surface area contributed by atoms with Gasteiger partial charge in [0.05, 0.1) is 11.3 Å². The molecule has 0 aliphatic heterocycles. The third-order valence-electron chi connectivity index (χ3n) is 1.65. The zero-order valence-corrected chi connectivity index (χ0v) is 11.9. The van der Waals surface area contributed by atoms with Crippen LogP contribution < -0.4 is 4.74 Å². The van der Waals surface area contributed by atoms with E-state index in [1.165, 1.54) is 22.6 Å². The van der Waals surface area contributed by atoms with Crippen molar-refractivity contribution in [2.24, 2.45) is 0 Å². The Morgan fingerprint density at radius 1 is 1.22 bits per heavy atom. The van der Waals surface area contributed by atoms with E-state index in [0.29, 0.717) is 6.07 Å². The molecule has 1 aromatic rings. The van der Waals surface area contributed by atoms with E-state index in [-0.39, 0.29) is 5.33 Å². The molecule has 0 atom stereocenters. The van der Waals surface area contributed by atoms with E-state index in [1.807, 2.05) is 0 Å². The van der Waals surface area contributed by atoms with Gasteiger partial charge in [-0.1, -0.05) is 15.9 Å². The van der Waals surface area contributed by atoms with E-state index < -0.39 is 33.2 Å². The molecule has 1 heterocycles. The Labute approximate surface area is 119 Å². The molecule has 0 unspecified atom stereocenters. The molecule has 0 N–H and O–H groups in total. The van der Waals surface area contributed by atoms with Gasteiger partial charge in [0.25, 0.3) is 0 Å². The van der Waals surface area contributed by atoms with Crippen molar-refractivity contribution in [3.8, 4) is 5.88 Å². The van der Waals surface area contributed by atoms with Crippen LogP contribution in [-0.4, -0.2) is 11.3 Å². The summed E-state index contributed by atoms with van der Waals surface area (Å²) in [6, 6.07) is 0.586. The van der Waals surface area contributed by atoms with Crippen molar-refractivity contribution in [3.05, 3.63) is 20.9 Å². The van der Waals surface area contributed by atoms with Crippen molar-refractivity contribution in [2.45, 2.75) is 17.9 Å². The minimum absolute atomic E-state index is 0.340. The van der Waals surface area contributed by atoms with Crippen LogP contribution in [0, 0.1) is 3.57 Å². The van der Waals surface area contributed by atoms with Gasteiger partial charge in [0.1, 0.15) is 0 Å². The first-order valence-electron chi connectivity index (χ1n) is 4.13. The summed E-state index contributed by atoms with van der Waals surface area (Å²) in [5, 5.41) is -0.340. The molecule has 0 saturated carbocycles. The topological polar surface area (TPSA) is 22.1 Å². The van der Waals surface area contributed by atoms with E-state index in [1.54, 1.807) is 0 Å². The summed E-state index contributed by atoms with van der Waals surface area (Å²) < 4.78 is 76.8. The minimum Gasteiger partial charge on any atom is -0.388 e. The van der Waals surface area contributed by atoms with Crippen molar-refractivity contribution < 1.29 is 31.1 Å². The lowest BCUT2D eigenvalue weighted by Gasteiger charge is -2.15. The Morgan fingerprint density at radius 3 is 2.17 bits per heavy atom. The highest BCUT2D eigenvalue weighted by molar-refractivity contribution is 14.1. The van der Waals surface area contributed by atoms with Gasteiger partial charge in [0.15, 0.2) is 0 Å². The molecule has 0 aliphatic rings. The highest BCUT2D eigenvalue weighted by atomic mass is 127. The Hall–Kier alpha value is -0.260. The molecule has 10 heteroatoms. The summed E-state index contributed by atoms with van der Waals surface area (Å²) >= 11 is 4.03. The summed E-state index contributed by atoms with van der Waals surface area (Å²) in [5.41, 5.74) is -1.64. The van der Waals surface area contributed by atoms with Crippen molar-refractivity contribution >= 4 is 38.5 Å². The van der Waals surface area contributed by atoms with Gasteiger partial charge in [-0.3, -0.25) is 0 Å². The quantitative estimate of drug-likeness (QED) is 0.377. The Balaban J connectivity index is 3.28. The number of hydrogen-bond acceptors (Lipinski definition) is 2. The van der Waals surface area contributed by atoms with E-state index >= 15 is 0 Å². The van der Waals surface area contributed by atoms with Gasteiger partial charge >= 0.3 is 12.5 Å². The number of ether oxygens (including phenoxy) is 1. The number of rotatable bonds is 2.